The van der Waals surface area contributed by atoms with Gasteiger partial charge in [-0.2, -0.15) is 0 Å². The molecule has 2 aliphatic rings. The van der Waals surface area contributed by atoms with Crippen molar-refractivity contribution in [2.75, 3.05) is 44.7 Å². The first-order chi connectivity index (χ1) is 8.98. The molecule has 0 spiro atoms. The minimum absolute atomic E-state index is 0.100. The van der Waals surface area contributed by atoms with Crippen molar-refractivity contribution in [3.05, 3.63) is 0 Å². The van der Waals surface area contributed by atoms with Crippen LogP contribution in [0.25, 0.3) is 0 Å². The average molecular weight is 289 g/mol. The third-order valence-corrected chi connectivity index (χ3v) is 5.73. The summed E-state index contributed by atoms with van der Waals surface area (Å²) in [5.41, 5.74) is 0. The lowest BCUT2D eigenvalue weighted by molar-refractivity contribution is 0.193. The van der Waals surface area contributed by atoms with Crippen molar-refractivity contribution >= 4 is 15.9 Å². The molecule has 2 aliphatic heterocycles. The zero-order chi connectivity index (χ0) is 13.9. The van der Waals surface area contributed by atoms with Crippen LogP contribution in [0, 0.1) is 0 Å². The van der Waals surface area contributed by atoms with E-state index in [2.05, 4.69) is 10.2 Å². The number of hydrogen-bond donors (Lipinski definition) is 1. The number of nitrogens with zero attached hydrogens (tertiary/aromatic N) is 2. The summed E-state index contributed by atoms with van der Waals surface area (Å²) < 4.78 is 22.8. The summed E-state index contributed by atoms with van der Waals surface area (Å²) in [6, 6.07) is -0.335. The van der Waals surface area contributed by atoms with E-state index >= 15 is 0 Å². The topological polar surface area (TPSA) is 69.7 Å². The Kier molecular flexibility index (Phi) is 4.67. The van der Waals surface area contributed by atoms with Gasteiger partial charge in [0.1, 0.15) is 0 Å². The summed E-state index contributed by atoms with van der Waals surface area (Å²) in [6.07, 6.45) is 3.04. The van der Waals surface area contributed by atoms with Crippen molar-refractivity contribution in [2.45, 2.75) is 25.3 Å². The minimum atomic E-state index is -2.94. The molecule has 2 saturated heterocycles. The SMILES string of the molecule is CN(C(=O)NCCN1CCCC1)[C@H]1CCS(=O)(=O)C1. The highest BCUT2D eigenvalue weighted by atomic mass is 32.2. The fourth-order valence-electron chi connectivity index (χ4n) is 2.70. The molecule has 0 aliphatic carbocycles. The minimum Gasteiger partial charge on any atom is -0.337 e. The molecule has 0 radical (unpaired) electrons. The van der Waals surface area contributed by atoms with Crippen LogP contribution in [0.4, 0.5) is 4.79 Å². The molecule has 110 valence electrons. The van der Waals surface area contributed by atoms with Crippen molar-refractivity contribution in [1.29, 1.82) is 0 Å². The predicted octanol–water partition coefficient (Wildman–Crippen LogP) is -0.0893. The molecule has 0 aromatic carbocycles. The summed E-state index contributed by atoms with van der Waals surface area (Å²) in [6.45, 7) is 3.74. The molecule has 2 rings (SSSR count). The molecule has 1 N–H and O–H groups in total. The summed E-state index contributed by atoms with van der Waals surface area (Å²) in [4.78, 5) is 15.8. The van der Waals surface area contributed by atoms with E-state index in [1.165, 1.54) is 17.7 Å². The van der Waals surface area contributed by atoms with Crippen LogP contribution in [0.2, 0.25) is 0 Å². The maximum Gasteiger partial charge on any atom is 0.317 e. The third kappa shape index (κ3) is 4.07. The van der Waals surface area contributed by atoms with E-state index in [0.717, 1.165) is 19.6 Å². The quantitative estimate of drug-likeness (QED) is 0.785. The molecular weight excluding hydrogens is 266 g/mol. The van der Waals surface area contributed by atoms with Gasteiger partial charge in [0, 0.05) is 26.2 Å². The zero-order valence-corrected chi connectivity index (χ0v) is 12.3. The van der Waals surface area contributed by atoms with Crippen LogP contribution < -0.4 is 5.32 Å². The van der Waals surface area contributed by atoms with Crippen molar-refractivity contribution in [3.8, 4) is 0 Å². The summed E-state index contributed by atoms with van der Waals surface area (Å²) in [7, 11) is -1.26. The number of likely N-dealkylation sites (tertiary alicyclic amines) is 1. The summed E-state index contributed by atoms with van der Waals surface area (Å²) in [5, 5.41) is 2.86. The highest BCUT2D eigenvalue weighted by molar-refractivity contribution is 7.91. The molecule has 0 unspecified atom stereocenters. The number of rotatable bonds is 4. The van der Waals surface area contributed by atoms with Crippen LogP contribution in [0.3, 0.4) is 0 Å². The van der Waals surface area contributed by atoms with E-state index in [4.69, 9.17) is 0 Å². The fraction of sp³-hybridized carbons (Fsp3) is 0.917. The molecule has 0 bridgehead atoms. The van der Waals surface area contributed by atoms with Gasteiger partial charge in [-0.25, -0.2) is 13.2 Å². The maximum absolute atomic E-state index is 11.9. The Labute approximate surface area is 115 Å². The van der Waals surface area contributed by atoms with Crippen LogP contribution in [-0.4, -0.2) is 75.0 Å². The van der Waals surface area contributed by atoms with Gasteiger partial charge in [0.2, 0.25) is 0 Å². The number of nitrogens with one attached hydrogen (secondary N) is 1. The van der Waals surface area contributed by atoms with Crippen molar-refractivity contribution in [1.82, 2.24) is 15.1 Å². The standard InChI is InChI=1S/C12H23N3O3S/c1-14(11-4-9-19(17,18)10-11)12(16)13-5-8-15-6-2-3-7-15/h11H,2-10H2,1H3,(H,13,16)/t11-/m0/s1. The van der Waals surface area contributed by atoms with Gasteiger partial charge in [0.05, 0.1) is 11.5 Å². The van der Waals surface area contributed by atoms with E-state index in [1.807, 2.05) is 0 Å². The lowest BCUT2D eigenvalue weighted by Crippen LogP contribution is -2.46. The number of hydrogen-bond acceptors (Lipinski definition) is 4. The smallest absolute Gasteiger partial charge is 0.317 e. The monoisotopic (exact) mass is 289 g/mol. The molecule has 2 amide bonds. The largest absolute Gasteiger partial charge is 0.337 e. The van der Waals surface area contributed by atoms with Crippen LogP contribution >= 0.6 is 0 Å². The lowest BCUT2D eigenvalue weighted by atomic mass is 10.2. The summed E-state index contributed by atoms with van der Waals surface area (Å²) in [5.74, 6) is 0.298. The normalized spacial score (nSPS) is 26.5. The first-order valence-corrected chi connectivity index (χ1v) is 8.73. The first-order valence-electron chi connectivity index (χ1n) is 6.91. The van der Waals surface area contributed by atoms with Gasteiger partial charge in [-0.15, -0.1) is 0 Å². The maximum atomic E-state index is 11.9. The van der Waals surface area contributed by atoms with Gasteiger partial charge in [0.15, 0.2) is 9.84 Å². The van der Waals surface area contributed by atoms with Crippen LogP contribution in [0.15, 0.2) is 0 Å². The predicted molar refractivity (Wildman–Crippen MR) is 73.9 cm³/mol. The van der Waals surface area contributed by atoms with Crippen LogP contribution in [0.1, 0.15) is 19.3 Å². The Morgan fingerprint density at radius 1 is 1.37 bits per heavy atom. The van der Waals surface area contributed by atoms with E-state index in [9.17, 15) is 13.2 Å². The van der Waals surface area contributed by atoms with Gasteiger partial charge in [-0.3, -0.25) is 0 Å². The second-order valence-electron chi connectivity index (χ2n) is 5.45. The van der Waals surface area contributed by atoms with E-state index in [0.29, 0.717) is 13.0 Å². The number of urea groups is 1. The molecule has 6 nitrogen and oxygen atoms in total. The van der Waals surface area contributed by atoms with Gasteiger partial charge < -0.3 is 15.1 Å². The first kappa shape index (κ1) is 14.6. The Bertz CT molecular complexity index is 418. The van der Waals surface area contributed by atoms with Crippen LogP contribution in [-0.2, 0) is 9.84 Å². The summed E-state index contributed by atoms with van der Waals surface area (Å²) >= 11 is 0. The van der Waals surface area contributed by atoms with Gasteiger partial charge >= 0.3 is 6.03 Å². The number of amides is 2. The molecule has 7 heteroatoms. The molecule has 0 aromatic rings. The molecule has 0 aromatic heterocycles. The zero-order valence-electron chi connectivity index (χ0n) is 11.5. The van der Waals surface area contributed by atoms with Gasteiger partial charge in [-0.05, 0) is 32.4 Å². The second kappa shape index (κ2) is 6.09. The molecule has 1 atom stereocenters. The van der Waals surface area contributed by atoms with Crippen LogP contribution in [0.5, 0.6) is 0 Å². The van der Waals surface area contributed by atoms with Gasteiger partial charge in [-0.1, -0.05) is 0 Å². The van der Waals surface area contributed by atoms with Gasteiger partial charge in [0.25, 0.3) is 0 Å². The highest BCUT2D eigenvalue weighted by Gasteiger charge is 2.32. The molecule has 19 heavy (non-hydrogen) atoms. The molecule has 0 saturated carbocycles. The Morgan fingerprint density at radius 3 is 2.63 bits per heavy atom. The number of carbonyl (C=O) groups is 1. The Balaban J connectivity index is 1.70. The number of sulfone groups is 1. The Morgan fingerprint density at radius 2 is 2.05 bits per heavy atom. The average Bonchev–Trinajstić information content (AvgIpc) is 2.97. The molecule has 2 fully saturated rings. The second-order valence-corrected chi connectivity index (χ2v) is 7.68. The highest BCUT2D eigenvalue weighted by Crippen LogP contribution is 2.16. The Hall–Kier alpha value is -0.820. The van der Waals surface area contributed by atoms with E-state index < -0.39 is 9.84 Å². The molecular formula is C12H23N3O3S. The van der Waals surface area contributed by atoms with Crippen molar-refractivity contribution < 1.29 is 13.2 Å². The van der Waals surface area contributed by atoms with E-state index in [1.54, 1.807) is 7.05 Å². The lowest BCUT2D eigenvalue weighted by Gasteiger charge is -2.24. The van der Waals surface area contributed by atoms with Crippen molar-refractivity contribution in [3.63, 3.8) is 0 Å². The van der Waals surface area contributed by atoms with E-state index in [-0.39, 0.29) is 23.6 Å². The fourth-order valence-corrected chi connectivity index (χ4v) is 4.47. The third-order valence-electron chi connectivity index (χ3n) is 3.98. The van der Waals surface area contributed by atoms with Crippen molar-refractivity contribution in [2.24, 2.45) is 0 Å². The molecule has 2 heterocycles. The number of carbonyl (C=O) groups excluding carboxylic acids is 1.